The highest BCUT2D eigenvalue weighted by Crippen LogP contribution is 2.28. The monoisotopic (exact) mass is 289 g/mol. The maximum absolute atomic E-state index is 14.3. The summed E-state index contributed by atoms with van der Waals surface area (Å²) in [6.07, 6.45) is 3.51. The number of fused-ring (bicyclic) bond motifs is 1. The topological polar surface area (TPSA) is 67.1 Å². The number of piperidine rings is 1. The van der Waals surface area contributed by atoms with E-state index < -0.39 is 0 Å². The van der Waals surface area contributed by atoms with Crippen LogP contribution in [0, 0.1) is 5.82 Å². The van der Waals surface area contributed by atoms with Crippen LogP contribution in [0.15, 0.2) is 18.5 Å². The molecule has 0 saturated carbocycles. The molecule has 3 N–H and O–H groups in total. The number of nitrogens with two attached hydrogens (primary N) is 1. The van der Waals surface area contributed by atoms with Gasteiger partial charge in [0.2, 0.25) is 0 Å². The van der Waals surface area contributed by atoms with Crippen LogP contribution in [-0.4, -0.2) is 35.6 Å². The molecule has 0 amide bonds. The van der Waals surface area contributed by atoms with E-state index in [0.717, 1.165) is 38.2 Å². The normalized spacial score (nSPS) is 16.6. The number of nitrogens with one attached hydrogen (secondary N) is 1. The summed E-state index contributed by atoms with van der Waals surface area (Å²) in [5.74, 6) is -0.163. The van der Waals surface area contributed by atoms with Crippen molar-refractivity contribution in [3.63, 3.8) is 0 Å². The predicted octanol–water partition coefficient (Wildman–Crippen LogP) is 1.93. The molecule has 0 unspecified atom stereocenters. The first-order valence-corrected chi connectivity index (χ1v) is 7.37. The maximum atomic E-state index is 14.3. The summed E-state index contributed by atoms with van der Waals surface area (Å²) in [5, 5.41) is 3.78. The molecule has 0 radical (unpaired) electrons. The molecule has 0 spiro atoms. The van der Waals surface area contributed by atoms with E-state index in [1.807, 2.05) is 6.07 Å². The summed E-state index contributed by atoms with van der Waals surface area (Å²) in [4.78, 5) is 10.2. The van der Waals surface area contributed by atoms with Gasteiger partial charge in [-0.3, -0.25) is 0 Å². The van der Waals surface area contributed by atoms with Crippen LogP contribution >= 0.6 is 0 Å². The van der Waals surface area contributed by atoms with E-state index in [1.165, 1.54) is 12.4 Å². The number of nitrogen functional groups attached to an aromatic ring is 1. The average Bonchev–Trinajstić information content (AvgIpc) is 2.48. The summed E-state index contributed by atoms with van der Waals surface area (Å²) < 4.78 is 14.3. The van der Waals surface area contributed by atoms with Gasteiger partial charge in [0.1, 0.15) is 18.0 Å². The Hall–Kier alpha value is -1.95. The minimum absolute atomic E-state index is 0.190. The standard InChI is InChI=1S/C15H20FN5/c1-2-18-10-3-5-21(6-4-10)11-7-12(16)14-13(8-11)19-9-20-15(14)17/h7-10,18H,2-6H2,1H3,(H2,17,19,20). The van der Waals surface area contributed by atoms with Gasteiger partial charge in [0.05, 0.1) is 10.9 Å². The largest absolute Gasteiger partial charge is 0.383 e. The van der Waals surface area contributed by atoms with Crippen molar-refractivity contribution in [1.29, 1.82) is 0 Å². The molecule has 2 heterocycles. The lowest BCUT2D eigenvalue weighted by Gasteiger charge is -2.34. The lowest BCUT2D eigenvalue weighted by molar-refractivity contribution is 0.424. The Balaban J connectivity index is 1.85. The summed E-state index contributed by atoms with van der Waals surface area (Å²) in [6.45, 7) is 4.95. The Morgan fingerprint density at radius 1 is 1.33 bits per heavy atom. The van der Waals surface area contributed by atoms with Crippen molar-refractivity contribution in [1.82, 2.24) is 15.3 Å². The van der Waals surface area contributed by atoms with Gasteiger partial charge >= 0.3 is 0 Å². The first-order valence-electron chi connectivity index (χ1n) is 7.37. The second kappa shape index (κ2) is 5.81. The highest BCUT2D eigenvalue weighted by molar-refractivity contribution is 5.90. The van der Waals surface area contributed by atoms with Crippen molar-refractivity contribution in [3.8, 4) is 0 Å². The molecular formula is C15H20FN5. The fourth-order valence-electron chi connectivity index (χ4n) is 2.96. The van der Waals surface area contributed by atoms with Gasteiger partial charge in [0.25, 0.3) is 0 Å². The molecule has 0 atom stereocenters. The van der Waals surface area contributed by atoms with E-state index in [0.29, 0.717) is 16.9 Å². The predicted molar refractivity (Wildman–Crippen MR) is 82.8 cm³/mol. The van der Waals surface area contributed by atoms with Crippen molar-refractivity contribution < 1.29 is 4.39 Å². The Kier molecular flexibility index (Phi) is 3.88. The first kappa shape index (κ1) is 14.0. The summed E-state index contributed by atoms with van der Waals surface area (Å²) in [7, 11) is 0. The molecule has 2 aromatic rings. The van der Waals surface area contributed by atoms with Crippen molar-refractivity contribution in [3.05, 3.63) is 24.3 Å². The number of aromatic nitrogens is 2. The molecule has 3 rings (SSSR count). The van der Waals surface area contributed by atoms with Gasteiger partial charge in [-0.25, -0.2) is 14.4 Å². The van der Waals surface area contributed by atoms with Crippen LogP contribution in [-0.2, 0) is 0 Å². The molecule has 1 aromatic carbocycles. The van der Waals surface area contributed by atoms with E-state index in [4.69, 9.17) is 5.73 Å². The number of anilines is 2. The smallest absolute Gasteiger partial charge is 0.138 e. The molecule has 21 heavy (non-hydrogen) atoms. The number of rotatable bonds is 3. The molecule has 0 bridgehead atoms. The third-order valence-electron chi connectivity index (χ3n) is 4.06. The fourth-order valence-corrected chi connectivity index (χ4v) is 2.96. The minimum Gasteiger partial charge on any atom is -0.383 e. The second-order valence-electron chi connectivity index (χ2n) is 5.40. The fraction of sp³-hybridized carbons (Fsp3) is 0.467. The van der Waals surface area contributed by atoms with Crippen molar-refractivity contribution >= 4 is 22.4 Å². The van der Waals surface area contributed by atoms with Crippen LogP contribution in [0.5, 0.6) is 0 Å². The SMILES string of the molecule is CCNC1CCN(c2cc(F)c3c(N)ncnc3c2)CC1. The molecule has 1 aromatic heterocycles. The van der Waals surface area contributed by atoms with Gasteiger partial charge in [-0.2, -0.15) is 0 Å². The molecule has 6 heteroatoms. The maximum Gasteiger partial charge on any atom is 0.138 e. The Labute approximate surface area is 123 Å². The van der Waals surface area contributed by atoms with Crippen LogP contribution in [0.4, 0.5) is 15.9 Å². The highest BCUT2D eigenvalue weighted by Gasteiger charge is 2.20. The molecule has 5 nitrogen and oxygen atoms in total. The number of halogens is 1. The average molecular weight is 289 g/mol. The molecule has 1 aliphatic rings. The van der Waals surface area contributed by atoms with Crippen LogP contribution < -0.4 is 16.0 Å². The van der Waals surface area contributed by atoms with E-state index in [1.54, 1.807) is 0 Å². The zero-order valence-corrected chi connectivity index (χ0v) is 12.1. The molecular weight excluding hydrogens is 269 g/mol. The highest BCUT2D eigenvalue weighted by atomic mass is 19.1. The summed E-state index contributed by atoms with van der Waals surface area (Å²) in [6, 6.07) is 3.99. The Bertz CT molecular complexity index is 637. The number of benzene rings is 1. The van der Waals surface area contributed by atoms with Gasteiger partial charge in [-0.1, -0.05) is 6.92 Å². The number of nitrogens with zero attached hydrogens (tertiary/aromatic N) is 3. The zero-order chi connectivity index (χ0) is 14.8. The second-order valence-corrected chi connectivity index (χ2v) is 5.40. The van der Waals surface area contributed by atoms with E-state index in [-0.39, 0.29) is 11.6 Å². The minimum atomic E-state index is -0.352. The summed E-state index contributed by atoms with van der Waals surface area (Å²) >= 11 is 0. The van der Waals surface area contributed by atoms with Gasteiger partial charge in [-0.05, 0) is 31.5 Å². The molecule has 1 saturated heterocycles. The number of hydrogen-bond acceptors (Lipinski definition) is 5. The van der Waals surface area contributed by atoms with Crippen molar-refractivity contribution in [2.45, 2.75) is 25.8 Å². The summed E-state index contributed by atoms with van der Waals surface area (Å²) in [5.41, 5.74) is 7.15. The first-order chi connectivity index (χ1) is 10.2. The number of hydrogen-bond donors (Lipinski definition) is 2. The van der Waals surface area contributed by atoms with Crippen LogP contribution in [0.1, 0.15) is 19.8 Å². The molecule has 1 fully saturated rings. The van der Waals surface area contributed by atoms with Gasteiger partial charge in [-0.15, -0.1) is 0 Å². The Morgan fingerprint density at radius 3 is 2.81 bits per heavy atom. The van der Waals surface area contributed by atoms with Gasteiger partial charge in [0.15, 0.2) is 0 Å². The van der Waals surface area contributed by atoms with E-state index in [2.05, 4.69) is 27.1 Å². The van der Waals surface area contributed by atoms with Crippen LogP contribution in [0.3, 0.4) is 0 Å². The zero-order valence-electron chi connectivity index (χ0n) is 12.1. The van der Waals surface area contributed by atoms with Crippen molar-refractivity contribution in [2.24, 2.45) is 0 Å². The molecule has 112 valence electrons. The lowest BCUT2D eigenvalue weighted by atomic mass is 10.0. The van der Waals surface area contributed by atoms with Crippen LogP contribution in [0.2, 0.25) is 0 Å². The molecule has 0 aliphatic carbocycles. The quantitative estimate of drug-likeness (QED) is 0.903. The van der Waals surface area contributed by atoms with Gasteiger partial charge < -0.3 is 16.0 Å². The van der Waals surface area contributed by atoms with E-state index >= 15 is 0 Å². The van der Waals surface area contributed by atoms with Crippen LogP contribution in [0.25, 0.3) is 10.9 Å². The van der Waals surface area contributed by atoms with Crippen molar-refractivity contribution in [2.75, 3.05) is 30.3 Å². The third-order valence-corrected chi connectivity index (χ3v) is 4.06. The lowest BCUT2D eigenvalue weighted by Crippen LogP contribution is -2.42. The van der Waals surface area contributed by atoms with Gasteiger partial charge in [0, 0.05) is 24.8 Å². The Morgan fingerprint density at radius 2 is 2.10 bits per heavy atom. The van der Waals surface area contributed by atoms with E-state index in [9.17, 15) is 4.39 Å². The third kappa shape index (κ3) is 2.76. The molecule has 1 aliphatic heterocycles.